The summed E-state index contributed by atoms with van der Waals surface area (Å²) in [5.41, 5.74) is 1.18. The molecule has 4 nitrogen and oxygen atoms in total. The van der Waals surface area contributed by atoms with Gasteiger partial charge in [-0.15, -0.1) is 0 Å². The third-order valence-corrected chi connectivity index (χ3v) is 5.57. The molecule has 0 atom stereocenters. The highest BCUT2D eigenvalue weighted by molar-refractivity contribution is 5.88. The van der Waals surface area contributed by atoms with Gasteiger partial charge in [0.25, 0.3) is 5.91 Å². The van der Waals surface area contributed by atoms with E-state index in [1.807, 2.05) is 48.5 Å². The molecule has 1 saturated heterocycles. The smallest absolute Gasteiger partial charge is 0.257 e. The average Bonchev–Trinajstić information content (AvgIpc) is 2.77. The van der Waals surface area contributed by atoms with Crippen LogP contribution in [-0.4, -0.2) is 32.3 Å². The van der Waals surface area contributed by atoms with E-state index in [0.717, 1.165) is 42.6 Å². The first-order valence-corrected chi connectivity index (χ1v) is 9.77. The van der Waals surface area contributed by atoms with E-state index in [0.29, 0.717) is 6.54 Å². The lowest BCUT2D eigenvalue weighted by Crippen LogP contribution is -2.45. The topological polar surface area (TPSA) is 47.6 Å². The Labute approximate surface area is 165 Å². The Morgan fingerprint density at radius 1 is 0.929 bits per heavy atom. The van der Waals surface area contributed by atoms with Crippen molar-refractivity contribution in [3.63, 3.8) is 0 Å². The van der Waals surface area contributed by atoms with Gasteiger partial charge in [0.1, 0.15) is 5.75 Å². The van der Waals surface area contributed by atoms with E-state index in [2.05, 4.69) is 29.6 Å². The fourth-order valence-corrected chi connectivity index (χ4v) is 3.91. The number of amides is 1. The first kappa shape index (κ1) is 18.5. The molecule has 1 amide bonds. The lowest BCUT2D eigenvalue weighted by atomic mass is 9.74. The van der Waals surface area contributed by atoms with Crippen LogP contribution in [0.3, 0.4) is 0 Å². The largest absolute Gasteiger partial charge is 0.483 e. The minimum Gasteiger partial charge on any atom is -0.483 e. The molecule has 0 aromatic heterocycles. The van der Waals surface area contributed by atoms with Crippen molar-refractivity contribution >= 4 is 16.7 Å². The van der Waals surface area contributed by atoms with Gasteiger partial charge < -0.3 is 14.8 Å². The number of nitrogens with one attached hydrogen (secondary N) is 1. The second-order valence-corrected chi connectivity index (χ2v) is 7.30. The first-order valence-electron chi connectivity index (χ1n) is 9.77. The fourth-order valence-electron chi connectivity index (χ4n) is 3.91. The summed E-state index contributed by atoms with van der Waals surface area (Å²) >= 11 is 0. The van der Waals surface area contributed by atoms with Crippen molar-refractivity contribution in [2.75, 3.05) is 26.4 Å². The van der Waals surface area contributed by atoms with Crippen molar-refractivity contribution in [1.82, 2.24) is 5.32 Å². The van der Waals surface area contributed by atoms with Gasteiger partial charge in [-0.05, 0) is 29.9 Å². The molecule has 1 fully saturated rings. The lowest BCUT2D eigenvalue weighted by molar-refractivity contribution is -0.123. The molecule has 0 spiro atoms. The van der Waals surface area contributed by atoms with Gasteiger partial charge in [-0.1, -0.05) is 66.7 Å². The number of benzene rings is 3. The Morgan fingerprint density at radius 3 is 2.46 bits per heavy atom. The maximum atomic E-state index is 12.5. The molecular weight excluding hydrogens is 350 g/mol. The predicted octanol–water partition coefficient (Wildman–Crippen LogP) is 4.08. The minimum atomic E-state index is -0.102. The van der Waals surface area contributed by atoms with E-state index < -0.39 is 0 Å². The van der Waals surface area contributed by atoms with Crippen LogP contribution in [0, 0.1) is 0 Å². The Balaban J connectivity index is 1.40. The van der Waals surface area contributed by atoms with Gasteiger partial charge >= 0.3 is 0 Å². The van der Waals surface area contributed by atoms with Gasteiger partial charge in [-0.25, -0.2) is 0 Å². The number of hydrogen-bond acceptors (Lipinski definition) is 3. The second-order valence-electron chi connectivity index (χ2n) is 7.30. The highest BCUT2D eigenvalue weighted by Crippen LogP contribution is 2.34. The zero-order chi connectivity index (χ0) is 19.2. The second kappa shape index (κ2) is 8.44. The zero-order valence-electron chi connectivity index (χ0n) is 15.9. The van der Waals surface area contributed by atoms with Crippen LogP contribution in [0.15, 0.2) is 72.8 Å². The van der Waals surface area contributed by atoms with Crippen LogP contribution < -0.4 is 10.1 Å². The summed E-state index contributed by atoms with van der Waals surface area (Å²) in [6.45, 7) is 2.04. The van der Waals surface area contributed by atoms with E-state index >= 15 is 0 Å². The molecule has 0 unspecified atom stereocenters. The Hall–Kier alpha value is -2.85. The molecule has 1 aliphatic rings. The first-order chi connectivity index (χ1) is 13.8. The molecule has 1 N–H and O–H groups in total. The van der Waals surface area contributed by atoms with Gasteiger partial charge in [0, 0.05) is 30.6 Å². The summed E-state index contributed by atoms with van der Waals surface area (Å²) in [4.78, 5) is 12.5. The molecule has 0 aliphatic carbocycles. The number of rotatable bonds is 6. The van der Waals surface area contributed by atoms with Crippen LogP contribution >= 0.6 is 0 Å². The third-order valence-electron chi connectivity index (χ3n) is 5.57. The van der Waals surface area contributed by atoms with Gasteiger partial charge in [-0.2, -0.15) is 0 Å². The van der Waals surface area contributed by atoms with Gasteiger partial charge in [0.15, 0.2) is 6.61 Å². The molecule has 4 heteroatoms. The maximum Gasteiger partial charge on any atom is 0.257 e. The Bertz CT molecular complexity index is 927. The summed E-state index contributed by atoms with van der Waals surface area (Å²) in [6, 6.07) is 24.3. The third kappa shape index (κ3) is 4.02. The van der Waals surface area contributed by atoms with E-state index in [1.54, 1.807) is 0 Å². The van der Waals surface area contributed by atoms with E-state index in [9.17, 15) is 4.79 Å². The summed E-state index contributed by atoms with van der Waals surface area (Å²) < 4.78 is 11.4. The van der Waals surface area contributed by atoms with E-state index in [1.165, 1.54) is 5.56 Å². The van der Waals surface area contributed by atoms with Crippen molar-refractivity contribution in [3.8, 4) is 5.75 Å². The van der Waals surface area contributed by atoms with Crippen LogP contribution in [0.5, 0.6) is 5.75 Å². The van der Waals surface area contributed by atoms with Crippen LogP contribution in [0.2, 0.25) is 0 Å². The van der Waals surface area contributed by atoms with Crippen LogP contribution in [0.1, 0.15) is 18.4 Å². The van der Waals surface area contributed by atoms with Crippen molar-refractivity contribution < 1.29 is 14.3 Å². The summed E-state index contributed by atoms with van der Waals surface area (Å²) in [7, 11) is 0. The zero-order valence-corrected chi connectivity index (χ0v) is 15.9. The van der Waals surface area contributed by atoms with Gasteiger partial charge in [-0.3, -0.25) is 4.79 Å². The molecule has 144 valence electrons. The minimum absolute atomic E-state index is 0.00930. The normalized spacial score (nSPS) is 15.9. The van der Waals surface area contributed by atoms with Crippen LogP contribution in [0.4, 0.5) is 0 Å². The SMILES string of the molecule is O=C(COc1cccc2ccccc12)NCC1(c2ccccc2)CCOCC1. The summed E-state index contributed by atoms with van der Waals surface area (Å²) in [5.74, 6) is 0.631. The van der Waals surface area contributed by atoms with E-state index in [4.69, 9.17) is 9.47 Å². The lowest BCUT2D eigenvalue weighted by Gasteiger charge is -2.38. The number of ether oxygens (including phenoxy) is 2. The monoisotopic (exact) mass is 375 g/mol. The molecule has 1 heterocycles. The number of fused-ring (bicyclic) bond motifs is 1. The van der Waals surface area contributed by atoms with Crippen molar-refractivity contribution in [1.29, 1.82) is 0 Å². The summed E-state index contributed by atoms with van der Waals surface area (Å²) in [5, 5.41) is 5.21. The standard InChI is InChI=1S/C24H25NO3/c26-23(17-28-22-12-6-8-19-7-4-5-11-21(19)22)25-18-24(13-15-27-16-14-24)20-9-2-1-3-10-20/h1-12H,13-18H2,(H,25,26). The van der Waals surface area contributed by atoms with Crippen molar-refractivity contribution in [2.45, 2.75) is 18.3 Å². The maximum absolute atomic E-state index is 12.5. The Morgan fingerprint density at radius 2 is 1.64 bits per heavy atom. The van der Waals surface area contributed by atoms with Gasteiger partial charge in [0.05, 0.1) is 0 Å². The van der Waals surface area contributed by atoms with E-state index in [-0.39, 0.29) is 17.9 Å². The average molecular weight is 375 g/mol. The van der Waals surface area contributed by atoms with Crippen LogP contribution in [-0.2, 0) is 14.9 Å². The molecule has 4 rings (SSSR count). The van der Waals surface area contributed by atoms with Crippen molar-refractivity contribution in [2.24, 2.45) is 0 Å². The van der Waals surface area contributed by atoms with Crippen LogP contribution in [0.25, 0.3) is 10.8 Å². The summed E-state index contributed by atoms with van der Waals surface area (Å²) in [6.07, 6.45) is 1.81. The molecule has 28 heavy (non-hydrogen) atoms. The van der Waals surface area contributed by atoms with Gasteiger partial charge in [0.2, 0.25) is 0 Å². The Kier molecular flexibility index (Phi) is 5.58. The molecule has 0 radical (unpaired) electrons. The highest BCUT2D eigenvalue weighted by Gasteiger charge is 2.34. The molecule has 0 bridgehead atoms. The number of hydrogen-bond donors (Lipinski definition) is 1. The fraction of sp³-hybridized carbons (Fsp3) is 0.292. The predicted molar refractivity (Wildman–Crippen MR) is 111 cm³/mol. The number of carbonyl (C=O) groups excluding carboxylic acids is 1. The molecule has 3 aromatic rings. The highest BCUT2D eigenvalue weighted by atomic mass is 16.5. The molecule has 0 saturated carbocycles. The molecule has 3 aromatic carbocycles. The number of carbonyl (C=O) groups is 1. The molecule has 1 aliphatic heterocycles. The molecular formula is C24H25NO3. The van der Waals surface area contributed by atoms with Crippen molar-refractivity contribution in [3.05, 3.63) is 78.4 Å². The quantitative estimate of drug-likeness (QED) is 0.706.